The van der Waals surface area contributed by atoms with Gasteiger partial charge in [-0.15, -0.1) is 0 Å². The first-order chi connectivity index (χ1) is 6.64. The zero-order chi connectivity index (χ0) is 10.4. The smallest absolute Gasteiger partial charge is 0.277 e. The van der Waals surface area contributed by atoms with Gasteiger partial charge in [0.15, 0.2) is 0 Å². The van der Waals surface area contributed by atoms with Crippen molar-refractivity contribution in [2.75, 3.05) is 19.6 Å². The Morgan fingerprint density at radius 2 is 2.00 bits per heavy atom. The highest BCUT2D eigenvalue weighted by Gasteiger charge is 2.18. The second-order valence-electron chi connectivity index (χ2n) is 3.54. The quantitative estimate of drug-likeness (QED) is 0.590. The fraction of sp³-hybridized carbons (Fsp3) is 1.00. The standard InChI is InChI=1S/C8H19N3O2S/c1-2-5-10-14(12,13)11-8-3-6-9-7-4-8/h8-11H,2-7H2,1H3. The summed E-state index contributed by atoms with van der Waals surface area (Å²) in [7, 11) is -3.27. The Hall–Kier alpha value is -0.170. The predicted molar refractivity (Wildman–Crippen MR) is 56.2 cm³/mol. The molecule has 1 aliphatic heterocycles. The summed E-state index contributed by atoms with van der Waals surface area (Å²) >= 11 is 0. The van der Waals surface area contributed by atoms with Crippen LogP contribution in [0.3, 0.4) is 0 Å². The molecule has 5 nitrogen and oxygen atoms in total. The third-order valence-corrected chi connectivity index (χ3v) is 3.43. The molecule has 0 bridgehead atoms. The summed E-state index contributed by atoms with van der Waals surface area (Å²) in [5, 5.41) is 3.19. The summed E-state index contributed by atoms with van der Waals surface area (Å²) in [6, 6.07) is 0.0885. The maximum Gasteiger partial charge on any atom is 0.277 e. The van der Waals surface area contributed by atoms with E-state index in [0.29, 0.717) is 6.54 Å². The summed E-state index contributed by atoms with van der Waals surface area (Å²) in [6.45, 7) is 4.22. The van der Waals surface area contributed by atoms with Crippen molar-refractivity contribution in [3.05, 3.63) is 0 Å². The molecule has 0 aromatic rings. The Balaban J connectivity index is 2.33. The van der Waals surface area contributed by atoms with Crippen LogP contribution in [0.25, 0.3) is 0 Å². The zero-order valence-corrected chi connectivity index (χ0v) is 9.36. The molecule has 0 saturated carbocycles. The number of hydrogen-bond acceptors (Lipinski definition) is 3. The fourth-order valence-corrected chi connectivity index (χ4v) is 2.67. The first kappa shape index (κ1) is 11.9. The van der Waals surface area contributed by atoms with Crippen molar-refractivity contribution in [3.8, 4) is 0 Å². The molecule has 0 atom stereocenters. The molecule has 84 valence electrons. The maximum atomic E-state index is 11.4. The molecule has 1 aliphatic rings. The molecule has 14 heavy (non-hydrogen) atoms. The molecule has 0 aromatic heterocycles. The van der Waals surface area contributed by atoms with Crippen LogP contribution in [0.4, 0.5) is 0 Å². The molecule has 0 aromatic carbocycles. The van der Waals surface area contributed by atoms with Crippen molar-refractivity contribution in [1.29, 1.82) is 0 Å². The van der Waals surface area contributed by atoms with E-state index in [4.69, 9.17) is 0 Å². The van der Waals surface area contributed by atoms with Crippen molar-refractivity contribution >= 4 is 10.2 Å². The monoisotopic (exact) mass is 221 g/mol. The molecule has 0 spiro atoms. The molecule has 6 heteroatoms. The van der Waals surface area contributed by atoms with Gasteiger partial charge in [-0.1, -0.05) is 6.92 Å². The van der Waals surface area contributed by atoms with E-state index in [1.165, 1.54) is 0 Å². The normalized spacial score (nSPS) is 19.8. The third kappa shape index (κ3) is 4.36. The van der Waals surface area contributed by atoms with E-state index >= 15 is 0 Å². The molecule has 1 heterocycles. The molecule has 1 rings (SSSR count). The van der Waals surface area contributed by atoms with Crippen LogP contribution in [0, 0.1) is 0 Å². The van der Waals surface area contributed by atoms with Crippen LogP contribution in [0.2, 0.25) is 0 Å². The first-order valence-corrected chi connectivity index (χ1v) is 6.60. The minimum absolute atomic E-state index is 0.0885. The van der Waals surface area contributed by atoms with Crippen molar-refractivity contribution in [2.45, 2.75) is 32.2 Å². The summed E-state index contributed by atoms with van der Waals surface area (Å²) in [4.78, 5) is 0. The van der Waals surface area contributed by atoms with Gasteiger partial charge in [0.2, 0.25) is 0 Å². The van der Waals surface area contributed by atoms with Crippen molar-refractivity contribution in [1.82, 2.24) is 14.8 Å². The summed E-state index contributed by atoms with van der Waals surface area (Å²) in [5.41, 5.74) is 0. The first-order valence-electron chi connectivity index (χ1n) is 5.11. The Labute approximate surface area is 85.8 Å². The van der Waals surface area contributed by atoms with E-state index < -0.39 is 10.2 Å². The second-order valence-corrected chi connectivity index (χ2v) is 5.07. The van der Waals surface area contributed by atoms with Crippen LogP contribution in [0.15, 0.2) is 0 Å². The highest BCUT2D eigenvalue weighted by molar-refractivity contribution is 7.87. The van der Waals surface area contributed by atoms with E-state index in [1.54, 1.807) is 0 Å². The predicted octanol–water partition coefficient (Wildman–Crippen LogP) is -0.428. The third-order valence-electron chi connectivity index (χ3n) is 2.20. The average Bonchev–Trinajstić information content (AvgIpc) is 2.16. The van der Waals surface area contributed by atoms with Gasteiger partial charge in [0.1, 0.15) is 0 Å². The van der Waals surface area contributed by atoms with Gasteiger partial charge in [-0.05, 0) is 32.4 Å². The van der Waals surface area contributed by atoms with Crippen LogP contribution < -0.4 is 14.8 Å². The van der Waals surface area contributed by atoms with Crippen molar-refractivity contribution in [3.63, 3.8) is 0 Å². The topological polar surface area (TPSA) is 70.2 Å². The Kier molecular flexibility index (Phi) is 4.80. The molecule has 0 radical (unpaired) electrons. The number of nitrogens with one attached hydrogen (secondary N) is 3. The summed E-state index contributed by atoms with van der Waals surface area (Å²) < 4.78 is 28.0. The molecular weight excluding hydrogens is 202 g/mol. The Bertz CT molecular complexity index is 247. The molecule has 0 amide bonds. The van der Waals surface area contributed by atoms with E-state index in [-0.39, 0.29) is 6.04 Å². The number of piperidine rings is 1. The Morgan fingerprint density at radius 1 is 1.36 bits per heavy atom. The lowest BCUT2D eigenvalue weighted by Gasteiger charge is -2.23. The molecule has 1 fully saturated rings. The number of rotatable bonds is 5. The maximum absolute atomic E-state index is 11.4. The molecule has 0 unspecified atom stereocenters. The minimum Gasteiger partial charge on any atom is -0.317 e. The van der Waals surface area contributed by atoms with Crippen LogP contribution in [0.1, 0.15) is 26.2 Å². The van der Waals surface area contributed by atoms with E-state index in [0.717, 1.165) is 32.4 Å². The fourth-order valence-electron chi connectivity index (χ4n) is 1.44. The van der Waals surface area contributed by atoms with Gasteiger partial charge in [0.05, 0.1) is 0 Å². The lowest BCUT2D eigenvalue weighted by molar-refractivity contribution is 0.424. The SMILES string of the molecule is CCCNS(=O)(=O)NC1CCNCC1. The van der Waals surface area contributed by atoms with E-state index in [1.807, 2.05) is 6.92 Å². The summed E-state index contributed by atoms with van der Waals surface area (Å²) in [5.74, 6) is 0. The van der Waals surface area contributed by atoms with E-state index in [9.17, 15) is 8.42 Å². The lowest BCUT2D eigenvalue weighted by Crippen LogP contribution is -2.47. The van der Waals surface area contributed by atoms with Crippen LogP contribution >= 0.6 is 0 Å². The zero-order valence-electron chi connectivity index (χ0n) is 8.54. The molecular formula is C8H19N3O2S. The largest absolute Gasteiger partial charge is 0.317 e. The van der Waals surface area contributed by atoms with Gasteiger partial charge < -0.3 is 5.32 Å². The highest BCUT2D eigenvalue weighted by Crippen LogP contribution is 2.02. The summed E-state index contributed by atoms with van der Waals surface area (Å²) in [6.07, 6.45) is 2.55. The average molecular weight is 221 g/mol. The lowest BCUT2D eigenvalue weighted by atomic mass is 10.1. The highest BCUT2D eigenvalue weighted by atomic mass is 32.2. The number of hydrogen-bond donors (Lipinski definition) is 3. The second kappa shape index (κ2) is 5.65. The van der Waals surface area contributed by atoms with Gasteiger partial charge in [0.25, 0.3) is 10.2 Å². The molecule has 3 N–H and O–H groups in total. The van der Waals surface area contributed by atoms with Gasteiger partial charge in [0, 0.05) is 12.6 Å². The molecule has 0 aliphatic carbocycles. The van der Waals surface area contributed by atoms with E-state index in [2.05, 4.69) is 14.8 Å². The minimum atomic E-state index is -3.27. The van der Waals surface area contributed by atoms with Crippen molar-refractivity contribution < 1.29 is 8.42 Å². The van der Waals surface area contributed by atoms with Crippen molar-refractivity contribution in [2.24, 2.45) is 0 Å². The van der Waals surface area contributed by atoms with Gasteiger partial charge in [-0.2, -0.15) is 13.1 Å². The van der Waals surface area contributed by atoms with Gasteiger partial charge in [-0.3, -0.25) is 0 Å². The van der Waals surface area contributed by atoms with Crippen LogP contribution in [0.5, 0.6) is 0 Å². The Morgan fingerprint density at radius 3 is 2.57 bits per heavy atom. The van der Waals surface area contributed by atoms with Crippen LogP contribution in [-0.4, -0.2) is 34.1 Å². The van der Waals surface area contributed by atoms with Crippen LogP contribution in [-0.2, 0) is 10.2 Å². The van der Waals surface area contributed by atoms with Gasteiger partial charge in [-0.25, -0.2) is 4.72 Å². The van der Waals surface area contributed by atoms with Gasteiger partial charge >= 0.3 is 0 Å². The molecule has 1 saturated heterocycles.